The average molecular weight is 286 g/mol. The maximum atomic E-state index is 5.87. The van der Waals surface area contributed by atoms with Crippen LogP contribution in [0.5, 0.6) is 0 Å². The predicted molar refractivity (Wildman–Crippen MR) is 81.4 cm³/mol. The highest BCUT2D eigenvalue weighted by molar-refractivity contribution is 5.33. The molecule has 1 atom stereocenters. The van der Waals surface area contributed by atoms with Crippen molar-refractivity contribution in [1.29, 1.82) is 0 Å². The SMILES string of the molecule is CCNC(c1cnnn1-c1ccccc1)C1(OC)CCC1. The predicted octanol–water partition coefficient (Wildman–Crippen LogP) is 2.49. The summed E-state index contributed by atoms with van der Waals surface area (Å²) in [6, 6.07) is 10.2. The molecule has 1 aromatic heterocycles. The summed E-state index contributed by atoms with van der Waals surface area (Å²) in [5.74, 6) is 0. The van der Waals surface area contributed by atoms with Crippen molar-refractivity contribution in [3.63, 3.8) is 0 Å². The van der Waals surface area contributed by atoms with Crippen LogP contribution in [0.1, 0.15) is 37.9 Å². The molecule has 0 bridgehead atoms. The Bertz CT molecular complexity index is 571. The van der Waals surface area contributed by atoms with Crippen LogP contribution in [-0.4, -0.2) is 34.2 Å². The molecule has 0 amide bonds. The highest BCUT2D eigenvalue weighted by Gasteiger charge is 2.46. The molecule has 1 aromatic carbocycles. The number of hydrogen-bond acceptors (Lipinski definition) is 4. The molecule has 1 fully saturated rings. The van der Waals surface area contributed by atoms with Gasteiger partial charge in [-0.2, -0.15) is 0 Å². The number of methoxy groups -OCH3 is 1. The van der Waals surface area contributed by atoms with E-state index < -0.39 is 0 Å². The molecule has 0 aliphatic heterocycles. The van der Waals surface area contributed by atoms with Gasteiger partial charge in [0.1, 0.15) is 0 Å². The third kappa shape index (κ3) is 2.47. The maximum absolute atomic E-state index is 5.87. The number of benzene rings is 1. The Kier molecular flexibility index (Phi) is 4.03. The Morgan fingerprint density at radius 3 is 2.67 bits per heavy atom. The lowest BCUT2D eigenvalue weighted by atomic mass is 9.73. The molecule has 3 rings (SSSR count). The quantitative estimate of drug-likeness (QED) is 0.886. The first-order valence-electron chi connectivity index (χ1n) is 7.55. The van der Waals surface area contributed by atoms with Crippen molar-refractivity contribution >= 4 is 0 Å². The smallest absolute Gasteiger partial charge is 0.0888 e. The van der Waals surface area contributed by atoms with Crippen LogP contribution in [0.25, 0.3) is 5.69 Å². The van der Waals surface area contributed by atoms with Crippen molar-refractivity contribution < 1.29 is 4.74 Å². The van der Waals surface area contributed by atoms with E-state index in [1.807, 2.05) is 41.2 Å². The van der Waals surface area contributed by atoms with Gasteiger partial charge in [-0.05, 0) is 37.9 Å². The lowest BCUT2D eigenvalue weighted by molar-refractivity contribution is -0.101. The van der Waals surface area contributed by atoms with E-state index in [-0.39, 0.29) is 11.6 Å². The topological polar surface area (TPSA) is 52.0 Å². The Morgan fingerprint density at radius 1 is 1.33 bits per heavy atom. The van der Waals surface area contributed by atoms with Gasteiger partial charge < -0.3 is 10.1 Å². The van der Waals surface area contributed by atoms with Crippen LogP contribution < -0.4 is 5.32 Å². The zero-order chi connectivity index (χ0) is 14.7. The molecular weight excluding hydrogens is 264 g/mol. The van der Waals surface area contributed by atoms with Crippen LogP contribution in [0.15, 0.2) is 36.5 Å². The molecule has 1 N–H and O–H groups in total. The molecule has 5 nitrogen and oxygen atoms in total. The fraction of sp³-hybridized carbons (Fsp3) is 0.500. The van der Waals surface area contributed by atoms with Gasteiger partial charge >= 0.3 is 0 Å². The second kappa shape index (κ2) is 5.95. The number of nitrogens with zero attached hydrogens (tertiary/aromatic N) is 3. The van der Waals surface area contributed by atoms with E-state index in [9.17, 15) is 0 Å². The van der Waals surface area contributed by atoms with Gasteiger partial charge in [0, 0.05) is 7.11 Å². The van der Waals surface area contributed by atoms with Gasteiger partial charge in [0.25, 0.3) is 0 Å². The summed E-state index contributed by atoms with van der Waals surface area (Å²) in [6.45, 7) is 3.00. The molecule has 1 heterocycles. The van der Waals surface area contributed by atoms with Crippen molar-refractivity contribution in [2.45, 2.75) is 37.8 Å². The average Bonchev–Trinajstić information content (AvgIpc) is 2.96. The number of ether oxygens (including phenoxy) is 1. The fourth-order valence-electron chi connectivity index (χ4n) is 3.11. The molecule has 2 aromatic rings. The van der Waals surface area contributed by atoms with E-state index in [0.717, 1.165) is 30.8 Å². The van der Waals surface area contributed by atoms with Crippen molar-refractivity contribution in [2.24, 2.45) is 0 Å². The van der Waals surface area contributed by atoms with Gasteiger partial charge in [-0.3, -0.25) is 0 Å². The minimum absolute atomic E-state index is 0.108. The molecule has 1 unspecified atom stereocenters. The summed E-state index contributed by atoms with van der Waals surface area (Å²) in [7, 11) is 1.81. The highest BCUT2D eigenvalue weighted by Crippen LogP contribution is 2.44. The second-order valence-corrected chi connectivity index (χ2v) is 5.52. The first kappa shape index (κ1) is 14.2. The normalized spacial score (nSPS) is 18.2. The zero-order valence-electron chi connectivity index (χ0n) is 12.6. The summed E-state index contributed by atoms with van der Waals surface area (Å²) in [5.41, 5.74) is 1.95. The Morgan fingerprint density at radius 2 is 2.10 bits per heavy atom. The third-order valence-electron chi connectivity index (χ3n) is 4.41. The summed E-state index contributed by atoms with van der Waals surface area (Å²) in [6.07, 6.45) is 5.20. The van der Waals surface area contributed by atoms with Crippen LogP contribution in [0.3, 0.4) is 0 Å². The Hall–Kier alpha value is -1.72. The van der Waals surface area contributed by atoms with Crippen molar-refractivity contribution in [3.05, 3.63) is 42.2 Å². The number of aromatic nitrogens is 3. The lowest BCUT2D eigenvalue weighted by Crippen LogP contribution is -2.51. The number of rotatable bonds is 6. The Balaban J connectivity index is 1.99. The molecule has 0 spiro atoms. The van der Waals surface area contributed by atoms with Crippen molar-refractivity contribution in [1.82, 2.24) is 20.3 Å². The summed E-state index contributed by atoms with van der Waals surface area (Å²) in [5, 5.41) is 12.0. The lowest BCUT2D eigenvalue weighted by Gasteiger charge is -2.46. The minimum Gasteiger partial charge on any atom is -0.376 e. The summed E-state index contributed by atoms with van der Waals surface area (Å²) < 4.78 is 7.78. The largest absolute Gasteiger partial charge is 0.376 e. The maximum Gasteiger partial charge on any atom is 0.0888 e. The van der Waals surface area contributed by atoms with E-state index in [2.05, 4.69) is 22.6 Å². The standard InChI is InChI=1S/C16H22N4O/c1-3-17-15(16(21-2)10-7-11-16)14-12-18-19-20(14)13-8-5-4-6-9-13/h4-6,8-9,12,15,17H,3,7,10-11H2,1-2H3. The second-order valence-electron chi connectivity index (χ2n) is 5.52. The molecular formula is C16H22N4O. The number of nitrogens with one attached hydrogen (secondary N) is 1. The molecule has 5 heteroatoms. The van der Waals surface area contributed by atoms with E-state index in [0.29, 0.717) is 0 Å². The number of likely N-dealkylation sites (N-methyl/N-ethyl adjacent to an activating group) is 1. The molecule has 0 saturated heterocycles. The molecule has 21 heavy (non-hydrogen) atoms. The highest BCUT2D eigenvalue weighted by atomic mass is 16.5. The van der Waals surface area contributed by atoms with Gasteiger partial charge in [0.05, 0.1) is 29.2 Å². The van der Waals surface area contributed by atoms with Gasteiger partial charge in [-0.15, -0.1) is 5.10 Å². The minimum atomic E-state index is -0.135. The molecule has 1 aliphatic carbocycles. The summed E-state index contributed by atoms with van der Waals surface area (Å²) >= 11 is 0. The first-order valence-corrected chi connectivity index (χ1v) is 7.55. The molecule has 1 aliphatic rings. The van der Waals surface area contributed by atoms with Gasteiger partial charge in [0.15, 0.2) is 0 Å². The van der Waals surface area contributed by atoms with Crippen LogP contribution >= 0.6 is 0 Å². The van der Waals surface area contributed by atoms with Gasteiger partial charge in [-0.25, -0.2) is 4.68 Å². The van der Waals surface area contributed by atoms with Crippen LogP contribution in [0.2, 0.25) is 0 Å². The number of hydrogen-bond donors (Lipinski definition) is 1. The van der Waals surface area contributed by atoms with Crippen molar-refractivity contribution in [3.8, 4) is 5.69 Å². The van der Waals surface area contributed by atoms with Crippen molar-refractivity contribution in [2.75, 3.05) is 13.7 Å². The van der Waals surface area contributed by atoms with Crippen LogP contribution in [-0.2, 0) is 4.74 Å². The molecule has 0 radical (unpaired) electrons. The zero-order valence-corrected chi connectivity index (χ0v) is 12.6. The van der Waals surface area contributed by atoms with Crippen LogP contribution in [0, 0.1) is 0 Å². The van der Waals surface area contributed by atoms with E-state index >= 15 is 0 Å². The third-order valence-corrected chi connectivity index (χ3v) is 4.41. The monoisotopic (exact) mass is 286 g/mol. The first-order chi connectivity index (χ1) is 10.3. The summed E-state index contributed by atoms with van der Waals surface area (Å²) in [4.78, 5) is 0. The fourth-order valence-corrected chi connectivity index (χ4v) is 3.11. The van der Waals surface area contributed by atoms with E-state index in [1.165, 1.54) is 6.42 Å². The molecule has 112 valence electrons. The van der Waals surface area contributed by atoms with Gasteiger partial charge in [0.2, 0.25) is 0 Å². The van der Waals surface area contributed by atoms with E-state index in [4.69, 9.17) is 4.74 Å². The molecule has 1 saturated carbocycles. The van der Waals surface area contributed by atoms with E-state index in [1.54, 1.807) is 7.11 Å². The van der Waals surface area contributed by atoms with Crippen LogP contribution in [0.4, 0.5) is 0 Å². The Labute approximate surface area is 125 Å². The number of para-hydroxylation sites is 1. The van der Waals surface area contributed by atoms with Gasteiger partial charge in [-0.1, -0.05) is 30.3 Å².